The summed E-state index contributed by atoms with van der Waals surface area (Å²) < 4.78 is 42.0. The van der Waals surface area contributed by atoms with E-state index in [0.717, 1.165) is 93.0 Å². The Hall–Kier alpha value is -3.01. The maximum atomic E-state index is 15.8. The molecule has 9 nitrogen and oxygen atoms in total. The highest BCUT2D eigenvalue weighted by Crippen LogP contribution is 2.45. The molecule has 0 spiro atoms. The number of halogens is 4. The summed E-state index contributed by atoms with van der Waals surface area (Å²) in [5.74, 6) is 3.39. The quantitative estimate of drug-likeness (QED) is 0.0482. The summed E-state index contributed by atoms with van der Waals surface area (Å²) in [5.41, 5.74) is 1.86. The third-order valence-electron chi connectivity index (χ3n) is 15.0. The van der Waals surface area contributed by atoms with E-state index in [0.29, 0.717) is 80.2 Å². The molecule has 1 aliphatic carbocycles. The highest BCUT2D eigenvalue weighted by molar-refractivity contribution is 7.99. The largest absolute Gasteiger partial charge is 0.497 e. The summed E-state index contributed by atoms with van der Waals surface area (Å²) in [7, 11) is 3.18. The zero-order chi connectivity index (χ0) is 48.6. The average molecular weight is 1030 g/mol. The number of hydrogen-bond acceptors (Lipinski definition) is 11. The Kier molecular flexibility index (Phi) is 20.7. The van der Waals surface area contributed by atoms with Gasteiger partial charge in [0.1, 0.15) is 23.8 Å². The number of pyridine rings is 3. The minimum Gasteiger partial charge on any atom is -0.497 e. The van der Waals surface area contributed by atoms with Gasteiger partial charge in [0.15, 0.2) is 0 Å². The number of nitrogens with one attached hydrogen (secondary N) is 1. The summed E-state index contributed by atoms with van der Waals surface area (Å²) in [4.78, 5) is 15.5. The van der Waals surface area contributed by atoms with E-state index in [1.807, 2.05) is 54.7 Å². The molecule has 3 fully saturated rings. The Bertz CT molecular complexity index is 2360. The number of ether oxygens (including phenoxy) is 2. The average Bonchev–Trinajstić information content (AvgIpc) is 3.39. The molecule has 376 valence electrons. The van der Waals surface area contributed by atoms with Gasteiger partial charge in [-0.05, 0) is 168 Å². The standard InChI is InChI=1S/C28H40ClFN2O2S.C26H31ClFN3O2S/c1-34-20-9-10-25-22(18-20)27(23(29)19-32-25)24(30)11-12-28(13-15-31-16-14-28)26(33)8-5-17-35-21-6-3-2-4-7-21;1-33-19-5-6-23-20(16-19)25(21(27)17-30-23)22(28)7-8-26(18-32)9-12-31(13-10-26)14-15-34-24-4-2-3-11-29-24/h9-10,18-19,21,24,26,31,33H,2-8,11-17H2,1H3;2-6,11,16-17,22,32H,7-10,12-15,18H2,1H3/t24-,26+;22-/m11/s1. The Morgan fingerprint density at radius 2 is 1.39 bits per heavy atom. The molecule has 0 bridgehead atoms. The van der Waals surface area contributed by atoms with E-state index in [4.69, 9.17) is 32.7 Å². The fourth-order valence-corrected chi connectivity index (χ4v) is 13.3. The third kappa shape index (κ3) is 14.6. The van der Waals surface area contributed by atoms with E-state index < -0.39 is 18.4 Å². The Morgan fingerprint density at radius 3 is 1.96 bits per heavy atom. The SMILES string of the molecule is COc1ccc2ncc(Cl)c([C@H](F)CCC3(CO)CCN(CCSc4ccccn4)CC3)c2c1.COc1ccc2ncc(Cl)c([C@H](F)CCC3([C@@H](O)CCCSC4CCCCC4)CCNCC3)c2c1. The number of likely N-dealkylation sites (tertiary alicyclic amines) is 1. The van der Waals surface area contributed by atoms with Crippen LogP contribution in [-0.4, -0.2) is 106 Å². The topological polar surface area (TPSA) is 113 Å². The molecule has 3 N–H and O–H groups in total. The molecule has 5 aromatic rings. The molecule has 3 atom stereocenters. The molecule has 0 amide bonds. The van der Waals surface area contributed by atoms with Crippen LogP contribution in [0.4, 0.5) is 8.78 Å². The van der Waals surface area contributed by atoms with Crippen LogP contribution in [0, 0.1) is 10.8 Å². The zero-order valence-corrected chi connectivity index (χ0v) is 43.5. The van der Waals surface area contributed by atoms with Crippen LogP contribution in [-0.2, 0) is 0 Å². The summed E-state index contributed by atoms with van der Waals surface area (Å²) in [6, 6.07) is 16.8. The monoisotopic (exact) mass is 1030 g/mol. The van der Waals surface area contributed by atoms with Crippen LogP contribution in [0.25, 0.3) is 21.8 Å². The molecule has 3 aromatic heterocycles. The van der Waals surface area contributed by atoms with Crippen LogP contribution in [0.15, 0.2) is 78.2 Å². The second-order valence-corrected chi connectivity index (χ2v) is 22.6. The minimum absolute atomic E-state index is 0.0783. The molecule has 2 aliphatic heterocycles. The number of nitrogens with zero attached hydrogens (tertiary/aromatic N) is 4. The minimum atomic E-state index is -1.23. The van der Waals surface area contributed by atoms with E-state index in [1.165, 1.54) is 44.5 Å². The fourth-order valence-electron chi connectivity index (χ4n) is 10.6. The summed E-state index contributed by atoms with van der Waals surface area (Å²) in [5, 5.41) is 28.9. The maximum absolute atomic E-state index is 15.8. The van der Waals surface area contributed by atoms with Crippen LogP contribution in [0.5, 0.6) is 11.5 Å². The lowest BCUT2D eigenvalue weighted by Crippen LogP contribution is -2.44. The molecule has 3 aliphatic rings. The Balaban J connectivity index is 0.000000204. The van der Waals surface area contributed by atoms with E-state index in [-0.39, 0.29) is 17.4 Å². The van der Waals surface area contributed by atoms with Crippen molar-refractivity contribution in [2.45, 2.75) is 125 Å². The van der Waals surface area contributed by atoms with E-state index in [9.17, 15) is 10.2 Å². The predicted octanol–water partition coefficient (Wildman–Crippen LogP) is 13.2. The number of aliphatic hydroxyl groups is 2. The van der Waals surface area contributed by atoms with Crippen LogP contribution in [0.1, 0.15) is 120 Å². The second kappa shape index (κ2) is 26.6. The van der Waals surface area contributed by atoms with Gasteiger partial charge < -0.3 is 29.9 Å². The molecular weight excluding hydrogens is 956 g/mol. The van der Waals surface area contributed by atoms with Crippen molar-refractivity contribution in [3.63, 3.8) is 0 Å². The van der Waals surface area contributed by atoms with Crippen LogP contribution in [0.2, 0.25) is 10.0 Å². The lowest BCUT2D eigenvalue weighted by molar-refractivity contribution is -0.0162. The van der Waals surface area contributed by atoms with Crippen molar-refractivity contribution < 1.29 is 28.5 Å². The van der Waals surface area contributed by atoms with Gasteiger partial charge in [-0.15, -0.1) is 11.8 Å². The molecule has 15 heteroatoms. The van der Waals surface area contributed by atoms with Crippen molar-refractivity contribution in [3.8, 4) is 11.5 Å². The van der Waals surface area contributed by atoms with Gasteiger partial charge in [-0.3, -0.25) is 9.97 Å². The molecule has 2 saturated heterocycles. The van der Waals surface area contributed by atoms with Crippen molar-refractivity contribution in [2.75, 3.05) is 65.1 Å². The highest BCUT2D eigenvalue weighted by Gasteiger charge is 2.40. The maximum Gasteiger partial charge on any atom is 0.127 e. The van der Waals surface area contributed by atoms with Gasteiger partial charge >= 0.3 is 0 Å². The number of benzene rings is 2. The van der Waals surface area contributed by atoms with Crippen molar-refractivity contribution in [1.82, 2.24) is 25.2 Å². The predicted molar refractivity (Wildman–Crippen MR) is 282 cm³/mol. The number of aromatic nitrogens is 3. The molecule has 5 heterocycles. The molecule has 0 radical (unpaired) electrons. The van der Waals surface area contributed by atoms with Gasteiger partial charge in [0, 0.05) is 64.6 Å². The number of aliphatic hydroxyl groups excluding tert-OH is 2. The van der Waals surface area contributed by atoms with Gasteiger partial charge in [0.05, 0.1) is 46.4 Å². The summed E-state index contributed by atoms with van der Waals surface area (Å²) >= 11 is 16.7. The van der Waals surface area contributed by atoms with Gasteiger partial charge in [0.25, 0.3) is 0 Å². The number of rotatable bonds is 21. The lowest BCUT2D eigenvalue weighted by Gasteiger charge is -2.42. The van der Waals surface area contributed by atoms with E-state index in [1.54, 1.807) is 32.0 Å². The number of piperidine rings is 2. The van der Waals surface area contributed by atoms with Gasteiger partial charge in [-0.1, -0.05) is 48.5 Å². The summed E-state index contributed by atoms with van der Waals surface area (Å²) in [6.07, 6.45) is 16.1. The van der Waals surface area contributed by atoms with Crippen molar-refractivity contribution in [2.24, 2.45) is 10.8 Å². The Labute approximate surface area is 426 Å². The second-order valence-electron chi connectivity index (χ2n) is 19.2. The number of thioether (sulfide) groups is 2. The molecule has 0 unspecified atom stereocenters. The molecular formula is C54H71Cl2F2N5O4S2. The normalized spacial score (nSPS) is 18.8. The Morgan fingerprint density at radius 1 is 0.783 bits per heavy atom. The highest BCUT2D eigenvalue weighted by atomic mass is 35.5. The van der Waals surface area contributed by atoms with Crippen LogP contribution in [0.3, 0.4) is 0 Å². The van der Waals surface area contributed by atoms with Crippen molar-refractivity contribution in [1.29, 1.82) is 0 Å². The summed E-state index contributed by atoms with van der Waals surface area (Å²) in [6.45, 7) is 4.64. The number of alkyl halides is 2. The molecule has 69 heavy (non-hydrogen) atoms. The van der Waals surface area contributed by atoms with Crippen LogP contribution < -0.4 is 14.8 Å². The number of hydrogen-bond donors (Lipinski definition) is 3. The molecule has 8 rings (SSSR count). The first kappa shape index (κ1) is 53.8. The van der Waals surface area contributed by atoms with Gasteiger partial charge in [-0.2, -0.15) is 11.8 Å². The zero-order valence-electron chi connectivity index (χ0n) is 40.3. The molecule has 1 saturated carbocycles. The van der Waals surface area contributed by atoms with Crippen LogP contribution >= 0.6 is 46.7 Å². The van der Waals surface area contributed by atoms with Gasteiger partial charge in [0.2, 0.25) is 0 Å². The first-order valence-electron chi connectivity index (χ1n) is 25.0. The van der Waals surface area contributed by atoms with Crippen molar-refractivity contribution in [3.05, 3.63) is 94.4 Å². The smallest absolute Gasteiger partial charge is 0.127 e. The fraction of sp³-hybridized carbons (Fsp3) is 0.574. The first-order valence-corrected chi connectivity index (χ1v) is 27.7. The molecule has 2 aromatic carbocycles. The van der Waals surface area contributed by atoms with Gasteiger partial charge in [-0.25, -0.2) is 13.8 Å². The van der Waals surface area contributed by atoms with E-state index >= 15 is 8.78 Å². The number of methoxy groups -OCH3 is 2. The third-order valence-corrected chi connectivity index (χ3v) is 18.0. The number of fused-ring (bicyclic) bond motifs is 2. The first-order chi connectivity index (χ1) is 33.6. The van der Waals surface area contributed by atoms with E-state index in [2.05, 4.69) is 36.9 Å². The lowest BCUT2D eigenvalue weighted by atomic mass is 9.69. The van der Waals surface area contributed by atoms with Crippen molar-refractivity contribution >= 4 is 68.5 Å².